The standard InChI is InChI=1S/C12H14N2/c13-8-10-2-1-3-11(6-10)12(14)7-9-4-5-9/h1-3,6,9,12H,4-5,7,14H2. The van der Waals surface area contributed by atoms with E-state index in [9.17, 15) is 0 Å². The largest absolute Gasteiger partial charge is 0.324 e. The summed E-state index contributed by atoms with van der Waals surface area (Å²) in [6, 6.07) is 9.86. The van der Waals surface area contributed by atoms with Crippen molar-refractivity contribution in [2.75, 3.05) is 0 Å². The number of hydrogen-bond donors (Lipinski definition) is 1. The van der Waals surface area contributed by atoms with E-state index >= 15 is 0 Å². The van der Waals surface area contributed by atoms with Crippen molar-refractivity contribution in [1.29, 1.82) is 5.26 Å². The van der Waals surface area contributed by atoms with Gasteiger partial charge in [0.1, 0.15) is 0 Å². The number of hydrogen-bond acceptors (Lipinski definition) is 2. The van der Waals surface area contributed by atoms with Gasteiger partial charge in [-0.1, -0.05) is 25.0 Å². The lowest BCUT2D eigenvalue weighted by Crippen LogP contribution is -2.10. The van der Waals surface area contributed by atoms with Crippen LogP contribution in [-0.4, -0.2) is 0 Å². The first-order valence-electron chi connectivity index (χ1n) is 5.05. The molecule has 1 aliphatic carbocycles. The van der Waals surface area contributed by atoms with Crippen LogP contribution in [0, 0.1) is 17.2 Å². The minimum atomic E-state index is 0.107. The lowest BCUT2D eigenvalue weighted by molar-refractivity contribution is 0.597. The Morgan fingerprint density at radius 3 is 2.93 bits per heavy atom. The van der Waals surface area contributed by atoms with E-state index in [4.69, 9.17) is 11.0 Å². The highest BCUT2D eigenvalue weighted by atomic mass is 14.6. The molecule has 1 atom stereocenters. The van der Waals surface area contributed by atoms with Gasteiger partial charge in [0.15, 0.2) is 0 Å². The molecule has 1 saturated carbocycles. The van der Waals surface area contributed by atoms with Crippen LogP contribution in [0.2, 0.25) is 0 Å². The normalized spacial score (nSPS) is 17.4. The quantitative estimate of drug-likeness (QED) is 0.787. The predicted molar refractivity (Wildman–Crippen MR) is 55.4 cm³/mol. The second-order valence-electron chi connectivity index (χ2n) is 4.02. The van der Waals surface area contributed by atoms with Crippen LogP contribution in [0.5, 0.6) is 0 Å². The van der Waals surface area contributed by atoms with Crippen LogP contribution in [0.1, 0.15) is 36.4 Å². The fourth-order valence-electron chi connectivity index (χ4n) is 1.69. The maximum atomic E-state index is 8.75. The Balaban J connectivity index is 2.09. The Bertz CT molecular complexity index is 361. The number of rotatable bonds is 3. The van der Waals surface area contributed by atoms with Crippen molar-refractivity contribution in [3.8, 4) is 6.07 Å². The van der Waals surface area contributed by atoms with E-state index in [1.54, 1.807) is 0 Å². The molecule has 1 unspecified atom stereocenters. The van der Waals surface area contributed by atoms with E-state index in [2.05, 4.69) is 6.07 Å². The lowest BCUT2D eigenvalue weighted by Gasteiger charge is -2.11. The summed E-state index contributed by atoms with van der Waals surface area (Å²) in [6.45, 7) is 0. The second kappa shape index (κ2) is 3.81. The molecule has 2 nitrogen and oxygen atoms in total. The second-order valence-corrected chi connectivity index (χ2v) is 4.02. The SMILES string of the molecule is N#Cc1cccc(C(N)CC2CC2)c1. The Labute approximate surface area is 84.3 Å². The Kier molecular flexibility index (Phi) is 2.51. The molecule has 0 heterocycles. The molecular weight excluding hydrogens is 172 g/mol. The molecule has 0 aromatic heterocycles. The zero-order valence-electron chi connectivity index (χ0n) is 8.11. The van der Waals surface area contributed by atoms with Gasteiger partial charge in [-0.05, 0) is 30.0 Å². The van der Waals surface area contributed by atoms with Crippen molar-refractivity contribution in [2.45, 2.75) is 25.3 Å². The van der Waals surface area contributed by atoms with E-state index in [0.29, 0.717) is 5.56 Å². The van der Waals surface area contributed by atoms with Crippen molar-refractivity contribution < 1.29 is 0 Å². The van der Waals surface area contributed by atoms with Gasteiger partial charge in [0.2, 0.25) is 0 Å². The Hall–Kier alpha value is -1.33. The molecule has 0 saturated heterocycles. The van der Waals surface area contributed by atoms with Crippen molar-refractivity contribution in [1.82, 2.24) is 0 Å². The molecule has 0 bridgehead atoms. The maximum absolute atomic E-state index is 8.75. The highest BCUT2D eigenvalue weighted by Gasteiger charge is 2.24. The van der Waals surface area contributed by atoms with E-state index < -0.39 is 0 Å². The summed E-state index contributed by atoms with van der Waals surface area (Å²) >= 11 is 0. The van der Waals surface area contributed by atoms with Crippen molar-refractivity contribution in [3.05, 3.63) is 35.4 Å². The van der Waals surface area contributed by atoms with Gasteiger partial charge < -0.3 is 5.73 Å². The third kappa shape index (κ3) is 2.12. The van der Waals surface area contributed by atoms with Gasteiger partial charge in [0.25, 0.3) is 0 Å². The average molecular weight is 186 g/mol. The van der Waals surface area contributed by atoms with Crippen molar-refractivity contribution >= 4 is 0 Å². The Morgan fingerprint density at radius 2 is 2.29 bits per heavy atom. The minimum Gasteiger partial charge on any atom is -0.324 e. The molecule has 0 aliphatic heterocycles. The van der Waals surface area contributed by atoms with Gasteiger partial charge in [-0.15, -0.1) is 0 Å². The molecule has 1 fully saturated rings. The first kappa shape index (κ1) is 9.23. The van der Waals surface area contributed by atoms with Crippen LogP contribution in [0.15, 0.2) is 24.3 Å². The summed E-state index contributed by atoms with van der Waals surface area (Å²) in [7, 11) is 0. The molecule has 0 radical (unpaired) electrons. The molecule has 72 valence electrons. The maximum Gasteiger partial charge on any atom is 0.0991 e. The summed E-state index contributed by atoms with van der Waals surface area (Å²) in [5.41, 5.74) is 7.85. The van der Waals surface area contributed by atoms with Gasteiger partial charge in [0.05, 0.1) is 11.6 Å². The fourth-order valence-corrected chi connectivity index (χ4v) is 1.69. The van der Waals surface area contributed by atoms with Crippen LogP contribution in [0.3, 0.4) is 0 Å². The molecule has 2 N–H and O–H groups in total. The van der Waals surface area contributed by atoms with Crippen LogP contribution in [0.4, 0.5) is 0 Å². The molecule has 0 spiro atoms. The van der Waals surface area contributed by atoms with Crippen LogP contribution in [-0.2, 0) is 0 Å². The molecule has 2 heteroatoms. The number of nitrogens with zero attached hydrogens (tertiary/aromatic N) is 1. The molecule has 1 aromatic carbocycles. The lowest BCUT2D eigenvalue weighted by atomic mass is 10.0. The molecule has 0 amide bonds. The highest BCUT2D eigenvalue weighted by molar-refractivity contribution is 5.34. The third-order valence-electron chi connectivity index (χ3n) is 2.73. The number of nitrogens with two attached hydrogens (primary N) is 1. The van der Waals surface area contributed by atoms with E-state index in [1.807, 2.05) is 24.3 Å². The topological polar surface area (TPSA) is 49.8 Å². The van der Waals surface area contributed by atoms with Gasteiger partial charge in [-0.2, -0.15) is 5.26 Å². The monoisotopic (exact) mass is 186 g/mol. The van der Waals surface area contributed by atoms with E-state index in [-0.39, 0.29) is 6.04 Å². The molecule has 2 rings (SSSR count). The smallest absolute Gasteiger partial charge is 0.0991 e. The van der Waals surface area contributed by atoms with Gasteiger partial charge in [-0.25, -0.2) is 0 Å². The Morgan fingerprint density at radius 1 is 1.50 bits per heavy atom. The summed E-state index contributed by atoms with van der Waals surface area (Å²) in [5.74, 6) is 0.829. The average Bonchev–Trinajstić information content (AvgIpc) is 3.02. The van der Waals surface area contributed by atoms with E-state index in [1.165, 1.54) is 12.8 Å². The summed E-state index contributed by atoms with van der Waals surface area (Å²) < 4.78 is 0. The summed E-state index contributed by atoms with van der Waals surface area (Å²) in [5, 5.41) is 8.75. The van der Waals surface area contributed by atoms with E-state index in [0.717, 1.165) is 17.9 Å². The fraction of sp³-hybridized carbons (Fsp3) is 0.417. The zero-order chi connectivity index (χ0) is 9.97. The zero-order valence-corrected chi connectivity index (χ0v) is 8.11. The predicted octanol–water partition coefficient (Wildman–Crippen LogP) is 2.36. The van der Waals surface area contributed by atoms with Crippen LogP contribution >= 0.6 is 0 Å². The summed E-state index contributed by atoms with van der Waals surface area (Å²) in [6.07, 6.45) is 3.71. The number of nitriles is 1. The molecule has 1 aromatic rings. The van der Waals surface area contributed by atoms with Gasteiger partial charge in [0, 0.05) is 6.04 Å². The molecular formula is C12H14N2. The van der Waals surface area contributed by atoms with Gasteiger partial charge in [-0.3, -0.25) is 0 Å². The summed E-state index contributed by atoms with van der Waals surface area (Å²) in [4.78, 5) is 0. The molecule has 14 heavy (non-hydrogen) atoms. The minimum absolute atomic E-state index is 0.107. The third-order valence-corrected chi connectivity index (χ3v) is 2.73. The van der Waals surface area contributed by atoms with Crippen LogP contribution in [0.25, 0.3) is 0 Å². The highest BCUT2D eigenvalue weighted by Crippen LogP contribution is 2.36. The van der Waals surface area contributed by atoms with Crippen molar-refractivity contribution in [2.24, 2.45) is 11.7 Å². The van der Waals surface area contributed by atoms with Gasteiger partial charge >= 0.3 is 0 Å². The first-order chi connectivity index (χ1) is 6.79. The van der Waals surface area contributed by atoms with Crippen LogP contribution < -0.4 is 5.73 Å². The first-order valence-corrected chi connectivity index (χ1v) is 5.05. The van der Waals surface area contributed by atoms with Crippen molar-refractivity contribution in [3.63, 3.8) is 0 Å². The molecule has 1 aliphatic rings. The number of benzene rings is 1.